The van der Waals surface area contributed by atoms with E-state index in [2.05, 4.69) is 15.3 Å². The summed E-state index contributed by atoms with van der Waals surface area (Å²) in [5, 5.41) is 3.11. The average molecular weight is 200 g/mol. The van der Waals surface area contributed by atoms with Crippen molar-refractivity contribution in [3.05, 3.63) is 42.1 Å². The van der Waals surface area contributed by atoms with E-state index in [-0.39, 0.29) is 0 Å². The average Bonchev–Trinajstić information content (AvgIpc) is 2.22. The first kappa shape index (κ1) is 9.45. The number of aryl methyl sites for hydroxylation is 1. The molecule has 0 bridgehead atoms. The fourth-order valence-electron chi connectivity index (χ4n) is 1.26. The molecule has 0 saturated heterocycles. The smallest absolute Gasteiger partial charge is 0.134 e. The molecule has 0 aromatic carbocycles. The minimum Gasteiger partial charge on any atom is -0.384 e. The normalized spacial score (nSPS) is 9.93. The predicted molar refractivity (Wildman–Crippen MR) is 60.9 cm³/mol. The maximum atomic E-state index is 5.58. The van der Waals surface area contributed by atoms with Crippen molar-refractivity contribution in [2.45, 2.75) is 6.92 Å². The third-order valence-corrected chi connectivity index (χ3v) is 2.03. The van der Waals surface area contributed by atoms with E-state index >= 15 is 0 Å². The molecule has 0 radical (unpaired) electrons. The van der Waals surface area contributed by atoms with Gasteiger partial charge in [-0.25, -0.2) is 9.97 Å². The third-order valence-electron chi connectivity index (χ3n) is 2.03. The first-order valence-corrected chi connectivity index (χ1v) is 4.67. The van der Waals surface area contributed by atoms with E-state index in [1.54, 1.807) is 12.3 Å². The number of nitrogens with one attached hydrogen (secondary N) is 1. The molecule has 76 valence electrons. The molecule has 15 heavy (non-hydrogen) atoms. The number of anilines is 3. The Bertz CT molecular complexity index is 468. The van der Waals surface area contributed by atoms with Crippen molar-refractivity contribution >= 4 is 17.5 Å². The summed E-state index contributed by atoms with van der Waals surface area (Å²) in [5.41, 5.74) is 6.65. The molecule has 0 saturated carbocycles. The third kappa shape index (κ3) is 2.22. The van der Waals surface area contributed by atoms with Gasteiger partial charge in [-0.05, 0) is 30.7 Å². The number of rotatable bonds is 2. The number of nitrogens with zero attached hydrogens (tertiary/aromatic N) is 2. The Morgan fingerprint density at radius 1 is 1.20 bits per heavy atom. The van der Waals surface area contributed by atoms with Crippen LogP contribution in [0.1, 0.15) is 5.56 Å². The fourth-order valence-corrected chi connectivity index (χ4v) is 1.26. The van der Waals surface area contributed by atoms with Crippen LogP contribution < -0.4 is 11.1 Å². The van der Waals surface area contributed by atoms with E-state index in [9.17, 15) is 0 Å². The fraction of sp³-hybridized carbons (Fsp3) is 0.0909. The second kappa shape index (κ2) is 3.96. The first-order chi connectivity index (χ1) is 7.25. The van der Waals surface area contributed by atoms with Crippen LogP contribution in [0.3, 0.4) is 0 Å². The van der Waals surface area contributed by atoms with Crippen LogP contribution in [0.2, 0.25) is 0 Å². The Hall–Kier alpha value is -2.10. The summed E-state index contributed by atoms with van der Waals surface area (Å²) < 4.78 is 0. The second-order valence-corrected chi connectivity index (χ2v) is 3.24. The highest BCUT2D eigenvalue weighted by Crippen LogP contribution is 2.16. The van der Waals surface area contributed by atoms with Gasteiger partial charge in [0.05, 0.1) is 0 Å². The molecule has 2 rings (SSSR count). The lowest BCUT2D eigenvalue weighted by atomic mass is 10.3. The van der Waals surface area contributed by atoms with Crippen molar-refractivity contribution in [1.82, 2.24) is 9.97 Å². The van der Waals surface area contributed by atoms with Crippen LogP contribution in [-0.2, 0) is 0 Å². The largest absolute Gasteiger partial charge is 0.384 e. The molecule has 4 heteroatoms. The molecule has 2 aromatic heterocycles. The summed E-state index contributed by atoms with van der Waals surface area (Å²) in [6, 6.07) is 9.33. The van der Waals surface area contributed by atoms with Gasteiger partial charge in [0.15, 0.2) is 0 Å². The van der Waals surface area contributed by atoms with E-state index in [0.29, 0.717) is 11.6 Å². The SMILES string of the molecule is Cc1cccnc1Nc1cccc(N)n1. The predicted octanol–water partition coefficient (Wildman–Crippen LogP) is 2.11. The van der Waals surface area contributed by atoms with Gasteiger partial charge in [0.2, 0.25) is 0 Å². The molecule has 4 nitrogen and oxygen atoms in total. The standard InChI is InChI=1S/C11H12N4/c1-8-4-3-7-13-11(8)15-10-6-2-5-9(12)14-10/h2-7H,1H3,(H3,12,13,14,15). The summed E-state index contributed by atoms with van der Waals surface area (Å²) >= 11 is 0. The van der Waals surface area contributed by atoms with Gasteiger partial charge in [-0.2, -0.15) is 0 Å². The Labute approximate surface area is 88.2 Å². The van der Waals surface area contributed by atoms with Gasteiger partial charge in [0.1, 0.15) is 17.5 Å². The zero-order valence-corrected chi connectivity index (χ0v) is 8.44. The number of aromatic nitrogens is 2. The Morgan fingerprint density at radius 2 is 2.07 bits per heavy atom. The lowest BCUT2D eigenvalue weighted by Crippen LogP contribution is -1.99. The van der Waals surface area contributed by atoms with Crippen molar-refractivity contribution in [1.29, 1.82) is 0 Å². The van der Waals surface area contributed by atoms with Gasteiger partial charge in [-0.3, -0.25) is 0 Å². The van der Waals surface area contributed by atoms with Crippen LogP contribution in [-0.4, -0.2) is 9.97 Å². The minimum absolute atomic E-state index is 0.494. The van der Waals surface area contributed by atoms with Crippen molar-refractivity contribution in [2.24, 2.45) is 0 Å². The van der Waals surface area contributed by atoms with E-state index < -0.39 is 0 Å². The molecule has 0 amide bonds. The molecular weight excluding hydrogens is 188 g/mol. The van der Waals surface area contributed by atoms with E-state index in [1.165, 1.54) is 0 Å². The molecule has 0 unspecified atom stereocenters. The topological polar surface area (TPSA) is 63.8 Å². The van der Waals surface area contributed by atoms with Crippen LogP contribution in [0.15, 0.2) is 36.5 Å². The molecule has 3 N–H and O–H groups in total. The summed E-state index contributed by atoms with van der Waals surface area (Å²) in [6.45, 7) is 1.99. The lowest BCUT2D eigenvalue weighted by molar-refractivity contribution is 1.22. The Kier molecular flexibility index (Phi) is 2.49. The lowest BCUT2D eigenvalue weighted by Gasteiger charge is -2.07. The van der Waals surface area contributed by atoms with Crippen LogP contribution in [0.25, 0.3) is 0 Å². The number of nitrogen functional groups attached to an aromatic ring is 1. The number of nitrogens with two attached hydrogens (primary N) is 1. The zero-order valence-electron chi connectivity index (χ0n) is 8.44. The van der Waals surface area contributed by atoms with Crippen molar-refractivity contribution < 1.29 is 0 Å². The van der Waals surface area contributed by atoms with Crippen molar-refractivity contribution in [3.8, 4) is 0 Å². The van der Waals surface area contributed by atoms with Crippen LogP contribution >= 0.6 is 0 Å². The van der Waals surface area contributed by atoms with Gasteiger partial charge in [-0.15, -0.1) is 0 Å². The van der Waals surface area contributed by atoms with Gasteiger partial charge < -0.3 is 11.1 Å². The monoisotopic (exact) mass is 200 g/mol. The Balaban J connectivity index is 2.26. The summed E-state index contributed by atoms with van der Waals surface area (Å²) in [7, 11) is 0. The quantitative estimate of drug-likeness (QED) is 0.779. The first-order valence-electron chi connectivity index (χ1n) is 4.67. The highest BCUT2D eigenvalue weighted by molar-refractivity contribution is 5.56. The molecular formula is C11H12N4. The molecule has 2 heterocycles. The van der Waals surface area contributed by atoms with E-state index in [0.717, 1.165) is 11.4 Å². The number of hydrogen-bond donors (Lipinski definition) is 2. The van der Waals surface area contributed by atoms with Gasteiger partial charge in [0, 0.05) is 6.20 Å². The molecule has 0 atom stereocenters. The highest BCUT2D eigenvalue weighted by atomic mass is 15.1. The van der Waals surface area contributed by atoms with E-state index in [1.807, 2.05) is 31.2 Å². The number of pyridine rings is 2. The second-order valence-electron chi connectivity index (χ2n) is 3.24. The summed E-state index contributed by atoms with van der Waals surface area (Å²) in [4.78, 5) is 8.35. The van der Waals surface area contributed by atoms with Crippen molar-refractivity contribution in [3.63, 3.8) is 0 Å². The molecule has 0 spiro atoms. The van der Waals surface area contributed by atoms with Crippen LogP contribution in [0.5, 0.6) is 0 Å². The van der Waals surface area contributed by atoms with Gasteiger partial charge in [-0.1, -0.05) is 12.1 Å². The van der Waals surface area contributed by atoms with Crippen LogP contribution in [0, 0.1) is 6.92 Å². The van der Waals surface area contributed by atoms with Gasteiger partial charge in [0.25, 0.3) is 0 Å². The van der Waals surface area contributed by atoms with Crippen LogP contribution in [0.4, 0.5) is 17.5 Å². The molecule has 0 aliphatic carbocycles. The highest BCUT2D eigenvalue weighted by Gasteiger charge is 1.99. The molecule has 0 aliphatic heterocycles. The van der Waals surface area contributed by atoms with E-state index in [4.69, 9.17) is 5.73 Å². The van der Waals surface area contributed by atoms with Crippen molar-refractivity contribution in [2.75, 3.05) is 11.1 Å². The molecule has 2 aromatic rings. The maximum absolute atomic E-state index is 5.58. The zero-order chi connectivity index (χ0) is 10.7. The molecule has 0 fully saturated rings. The maximum Gasteiger partial charge on any atom is 0.134 e. The summed E-state index contributed by atoms with van der Waals surface area (Å²) in [6.07, 6.45) is 1.74. The minimum atomic E-state index is 0.494. The van der Waals surface area contributed by atoms with Gasteiger partial charge >= 0.3 is 0 Å². The summed E-state index contributed by atoms with van der Waals surface area (Å²) in [5.74, 6) is 2.00. The Morgan fingerprint density at radius 3 is 2.80 bits per heavy atom. The molecule has 0 aliphatic rings. The number of hydrogen-bond acceptors (Lipinski definition) is 4.